The zero-order chi connectivity index (χ0) is 14.8. The van der Waals surface area contributed by atoms with Gasteiger partial charge in [-0.1, -0.05) is 11.6 Å². The second kappa shape index (κ2) is 5.73. The summed E-state index contributed by atoms with van der Waals surface area (Å²) in [5, 5.41) is 0.361. The van der Waals surface area contributed by atoms with Gasteiger partial charge in [0.05, 0.1) is 6.54 Å². The van der Waals surface area contributed by atoms with Crippen molar-refractivity contribution in [3.8, 4) is 5.75 Å². The highest BCUT2D eigenvalue weighted by atomic mass is 35.5. The lowest BCUT2D eigenvalue weighted by Crippen LogP contribution is -2.25. The van der Waals surface area contributed by atoms with E-state index < -0.39 is 0 Å². The molecule has 7 heteroatoms. The van der Waals surface area contributed by atoms with E-state index in [0.29, 0.717) is 23.1 Å². The molecule has 1 aliphatic heterocycles. The summed E-state index contributed by atoms with van der Waals surface area (Å²) in [7, 11) is 0. The van der Waals surface area contributed by atoms with Crippen LogP contribution in [0.4, 0.5) is 16.0 Å². The highest BCUT2D eigenvalue weighted by Crippen LogP contribution is 2.30. The predicted octanol–water partition coefficient (Wildman–Crippen LogP) is 2.51. The number of aromatic nitrogens is 2. The number of nitrogen functional groups attached to an aromatic ring is 1. The van der Waals surface area contributed by atoms with E-state index in [1.807, 2.05) is 4.90 Å². The van der Waals surface area contributed by atoms with Gasteiger partial charge in [-0.15, -0.1) is 0 Å². The van der Waals surface area contributed by atoms with Crippen LogP contribution in [0.15, 0.2) is 30.6 Å². The standard InChI is InChI=1S/C14H14ClFN4O/c15-12-13(17)18-8-19-14(12)20-6-5-11(7-20)21-10-3-1-9(16)2-4-10/h1-4,8,11H,5-7H2,(H2,17,18,19). The lowest BCUT2D eigenvalue weighted by molar-refractivity contribution is 0.224. The molecule has 0 radical (unpaired) electrons. The molecule has 1 saturated heterocycles. The third-order valence-corrected chi connectivity index (χ3v) is 3.72. The number of rotatable bonds is 3. The quantitative estimate of drug-likeness (QED) is 0.944. The maximum atomic E-state index is 12.9. The molecule has 110 valence electrons. The summed E-state index contributed by atoms with van der Waals surface area (Å²) in [6.07, 6.45) is 2.23. The molecule has 2 aromatic rings. The second-order valence-corrected chi connectivity index (χ2v) is 5.20. The van der Waals surface area contributed by atoms with Gasteiger partial charge in [-0.3, -0.25) is 0 Å². The lowest BCUT2D eigenvalue weighted by Gasteiger charge is -2.19. The molecule has 3 rings (SSSR count). The number of nitrogens with two attached hydrogens (primary N) is 1. The van der Waals surface area contributed by atoms with Gasteiger partial charge >= 0.3 is 0 Å². The number of nitrogens with zero attached hydrogens (tertiary/aromatic N) is 3. The Balaban J connectivity index is 1.68. The van der Waals surface area contributed by atoms with Crippen LogP contribution in [0.3, 0.4) is 0 Å². The van der Waals surface area contributed by atoms with Gasteiger partial charge in [0.25, 0.3) is 0 Å². The summed E-state index contributed by atoms with van der Waals surface area (Å²) in [6, 6.07) is 6.00. The first-order valence-electron chi connectivity index (χ1n) is 6.56. The molecule has 0 bridgehead atoms. The van der Waals surface area contributed by atoms with E-state index in [0.717, 1.165) is 13.0 Å². The van der Waals surface area contributed by atoms with Crippen LogP contribution in [-0.4, -0.2) is 29.2 Å². The van der Waals surface area contributed by atoms with Gasteiger partial charge < -0.3 is 15.4 Å². The van der Waals surface area contributed by atoms with Crippen LogP contribution in [0, 0.1) is 5.82 Å². The summed E-state index contributed by atoms with van der Waals surface area (Å²) >= 11 is 6.12. The van der Waals surface area contributed by atoms with Crippen LogP contribution >= 0.6 is 11.6 Å². The molecule has 2 N–H and O–H groups in total. The third-order valence-electron chi connectivity index (χ3n) is 3.36. The molecule has 2 heterocycles. The van der Waals surface area contributed by atoms with Gasteiger partial charge in [-0.25, -0.2) is 14.4 Å². The number of ether oxygens (including phenoxy) is 1. The Hall–Kier alpha value is -2.08. The molecule has 1 aromatic heterocycles. The van der Waals surface area contributed by atoms with E-state index in [4.69, 9.17) is 22.1 Å². The fraction of sp³-hybridized carbons (Fsp3) is 0.286. The Labute approximate surface area is 126 Å². The number of hydrogen-bond donors (Lipinski definition) is 1. The van der Waals surface area contributed by atoms with Crippen molar-refractivity contribution < 1.29 is 9.13 Å². The SMILES string of the molecule is Nc1ncnc(N2CCC(Oc3ccc(F)cc3)C2)c1Cl. The van der Waals surface area contributed by atoms with E-state index in [9.17, 15) is 4.39 Å². The van der Waals surface area contributed by atoms with Crippen molar-refractivity contribution in [3.05, 3.63) is 41.4 Å². The molecule has 0 saturated carbocycles. The minimum absolute atomic E-state index is 0.00252. The Morgan fingerprint density at radius 2 is 2.05 bits per heavy atom. The fourth-order valence-electron chi connectivity index (χ4n) is 2.32. The van der Waals surface area contributed by atoms with Crippen LogP contribution < -0.4 is 15.4 Å². The zero-order valence-corrected chi connectivity index (χ0v) is 11.9. The first kappa shape index (κ1) is 13.9. The fourth-order valence-corrected chi connectivity index (χ4v) is 2.53. The number of benzene rings is 1. The largest absolute Gasteiger partial charge is 0.489 e. The summed E-state index contributed by atoms with van der Waals surface area (Å²) < 4.78 is 18.7. The summed E-state index contributed by atoms with van der Waals surface area (Å²) in [5.41, 5.74) is 5.68. The average molecular weight is 309 g/mol. The van der Waals surface area contributed by atoms with Crippen molar-refractivity contribution in [2.24, 2.45) is 0 Å². The summed E-state index contributed by atoms with van der Waals surface area (Å²) in [6.45, 7) is 1.41. The molecule has 1 unspecified atom stereocenters. The van der Waals surface area contributed by atoms with Crippen LogP contribution in [0.5, 0.6) is 5.75 Å². The van der Waals surface area contributed by atoms with E-state index in [2.05, 4.69) is 9.97 Å². The number of hydrogen-bond acceptors (Lipinski definition) is 5. The number of halogens is 2. The van der Waals surface area contributed by atoms with Crippen LogP contribution in [0.2, 0.25) is 5.02 Å². The van der Waals surface area contributed by atoms with Gasteiger partial charge in [-0.05, 0) is 24.3 Å². The molecular formula is C14H14ClFN4O. The Kier molecular flexibility index (Phi) is 3.79. The summed E-state index contributed by atoms with van der Waals surface area (Å²) in [4.78, 5) is 10.0. The van der Waals surface area contributed by atoms with Crippen molar-refractivity contribution >= 4 is 23.2 Å². The van der Waals surface area contributed by atoms with Crippen molar-refractivity contribution in [3.63, 3.8) is 0 Å². The monoisotopic (exact) mass is 308 g/mol. The number of anilines is 2. The molecule has 1 aromatic carbocycles. The van der Waals surface area contributed by atoms with Crippen molar-refractivity contribution in [1.82, 2.24) is 9.97 Å². The third kappa shape index (κ3) is 3.00. The average Bonchev–Trinajstić information content (AvgIpc) is 2.93. The van der Waals surface area contributed by atoms with Crippen LogP contribution in [0.1, 0.15) is 6.42 Å². The molecule has 21 heavy (non-hydrogen) atoms. The summed E-state index contributed by atoms with van der Waals surface area (Å²) in [5.74, 6) is 1.26. The van der Waals surface area contributed by atoms with Gasteiger partial charge in [0, 0.05) is 13.0 Å². The first-order chi connectivity index (χ1) is 10.1. The zero-order valence-electron chi connectivity index (χ0n) is 11.2. The molecule has 1 atom stereocenters. The predicted molar refractivity (Wildman–Crippen MR) is 79.1 cm³/mol. The Bertz CT molecular complexity index is 637. The molecule has 0 aliphatic carbocycles. The van der Waals surface area contributed by atoms with Gasteiger partial charge in [0.15, 0.2) is 5.82 Å². The topological polar surface area (TPSA) is 64.3 Å². The van der Waals surface area contributed by atoms with Crippen LogP contribution in [0.25, 0.3) is 0 Å². The minimum atomic E-state index is -0.279. The molecule has 5 nitrogen and oxygen atoms in total. The maximum absolute atomic E-state index is 12.9. The second-order valence-electron chi connectivity index (χ2n) is 4.82. The molecule has 1 aliphatic rings. The normalized spacial score (nSPS) is 18.0. The first-order valence-corrected chi connectivity index (χ1v) is 6.94. The molecule has 0 spiro atoms. The van der Waals surface area contributed by atoms with E-state index >= 15 is 0 Å². The van der Waals surface area contributed by atoms with E-state index in [1.165, 1.54) is 18.5 Å². The molecule has 1 fully saturated rings. The highest BCUT2D eigenvalue weighted by Gasteiger charge is 2.27. The Morgan fingerprint density at radius 1 is 1.29 bits per heavy atom. The minimum Gasteiger partial charge on any atom is -0.489 e. The molecule has 0 amide bonds. The van der Waals surface area contributed by atoms with Crippen molar-refractivity contribution in [2.75, 3.05) is 23.7 Å². The van der Waals surface area contributed by atoms with Gasteiger partial charge in [0.1, 0.15) is 34.8 Å². The molecular weight excluding hydrogens is 295 g/mol. The smallest absolute Gasteiger partial charge is 0.153 e. The van der Waals surface area contributed by atoms with E-state index in [1.54, 1.807) is 12.1 Å². The lowest BCUT2D eigenvalue weighted by atomic mass is 10.3. The van der Waals surface area contributed by atoms with Crippen LogP contribution in [-0.2, 0) is 0 Å². The van der Waals surface area contributed by atoms with E-state index in [-0.39, 0.29) is 17.7 Å². The van der Waals surface area contributed by atoms with Gasteiger partial charge in [-0.2, -0.15) is 0 Å². The maximum Gasteiger partial charge on any atom is 0.153 e. The van der Waals surface area contributed by atoms with Crippen molar-refractivity contribution in [1.29, 1.82) is 0 Å². The van der Waals surface area contributed by atoms with Crippen molar-refractivity contribution in [2.45, 2.75) is 12.5 Å². The Morgan fingerprint density at radius 3 is 2.81 bits per heavy atom. The van der Waals surface area contributed by atoms with Gasteiger partial charge in [0.2, 0.25) is 0 Å². The highest BCUT2D eigenvalue weighted by molar-refractivity contribution is 6.35.